The summed E-state index contributed by atoms with van der Waals surface area (Å²) >= 11 is 2.10. The summed E-state index contributed by atoms with van der Waals surface area (Å²) in [4.78, 5) is 12.2. The Hall–Kier alpha value is -1.65. The lowest BCUT2D eigenvalue weighted by Gasteiger charge is -2.13. The molecule has 0 radical (unpaired) electrons. The lowest BCUT2D eigenvalue weighted by Crippen LogP contribution is -2.28. The highest BCUT2D eigenvalue weighted by atomic mass is 127. The van der Waals surface area contributed by atoms with Crippen molar-refractivity contribution >= 4 is 50.1 Å². The Morgan fingerprint density at radius 2 is 1.57 bits per heavy atom. The molecule has 2 aromatic carbocycles. The molecule has 6 nitrogen and oxygen atoms in total. The SMILES string of the molecule is CN(C)S(=O)(=O)Nc1ccc(NC(=O)c2ccccc2I)cc1. The summed E-state index contributed by atoms with van der Waals surface area (Å²) < 4.78 is 27.8. The van der Waals surface area contributed by atoms with E-state index in [0.29, 0.717) is 16.9 Å². The van der Waals surface area contributed by atoms with Gasteiger partial charge in [-0.1, -0.05) is 12.1 Å². The van der Waals surface area contributed by atoms with E-state index < -0.39 is 10.2 Å². The van der Waals surface area contributed by atoms with Crippen LogP contribution in [-0.4, -0.2) is 32.7 Å². The smallest absolute Gasteiger partial charge is 0.301 e. The van der Waals surface area contributed by atoms with Crippen LogP contribution in [0.25, 0.3) is 0 Å². The van der Waals surface area contributed by atoms with Crippen LogP contribution in [0.1, 0.15) is 10.4 Å². The van der Waals surface area contributed by atoms with E-state index in [1.165, 1.54) is 14.1 Å². The molecule has 0 aliphatic heterocycles. The molecule has 2 rings (SSSR count). The number of anilines is 2. The number of benzene rings is 2. The van der Waals surface area contributed by atoms with Crippen LogP contribution < -0.4 is 10.0 Å². The highest BCUT2D eigenvalue weighted by Crippen LogP contribution is 2.18. The summed E-state index contributed by atoms with van der Waals surface area (Å²) in [5, 5.41) is 2.78. The van der Waals surface area contributed by atoms with E-state index in [4.69, 9.17) is 0 Å². The fourth-order valence-corrected chi connectivity index (χ4v) is 2.95. The molecular formula is C15H16IN3O3S. The average molecular weight is 445 g/mol. The van der Waals surface area contributed by atoms with E-state index in [9.17, 15) is 13.2 Å². The third-order valence-corrected chi connectivity index (χ3v) is 5.38. The Morgan fingerprint density at radius 1 is 1.00 bits per heavy atom. The minimum atomic E-state index is -3.54. The van der Waals surface area contributed by atoms with Gasteiger partial charge in [-0.15, -0.1) is 0 Å². The molecule has 1 amide bonds. The van der Waals surface area contributed by atoms with Crippen LogP contribution in [0.2, 0.25) is 0 Å². The highest BCUT2D eigenvalue weighted by molar-refractivity contribution is 14.1. The molecule has 0 saturated carbocycles. The summed E-state index contributed by atoms with van der Waals surface area (Å²) in [5.74, 6) is -0.211. The van der Waals surface area contributed by atoms with Gasteiger partial charge in [0.05, 0.1) is 5.56 Å². The lowest BCUT2D eigenvalue weighted by molar-refractivity contribution is 0.102. The van der Waals surface area contributed by atoms with Gasteiger partial charge >= 0.3 is 10.2 Å². The number of hydrogen-bond acceptors (Lipinski definition) is 3. The van der Waals surface area contributed by atoms with Crippen LogP contribution in [-0.2, 0) is 10.2 Å². The predicted octanol–water partition coefficient (Wildman–Crippen LogP) is 2.76. The Balaban J connectivity index is 2.09. The molecule has 2 aromatic rings. The van der Waals surface area contributed by atoms with Gasteiger partial charge < -0.3 is 5.32 Å². The van der Waals surface area contributed by atoms with Gasteiger partial charge in [0.25, 0.3) is 5.91 Å². The zero-order valence-electron chi connectivity index (χ0n) is 12.6. The van der Waals surface area contributed by atoms with Crippen LogP contribution in [0.15, 0.2) is 48.5 Å². The second-order valence-corrected chi connectivity index (χ2v) is 7.95. The first-order chi connectivity index (χ1) is 10.8. The molecule has 0 aliphatic carbocycles. The van der Waals surface area contributed by atoms with Crippen LogP contribution in [0, 0.1) is 3.57 Å². The van der Waals surface area contributed by atoms with Gasteiger partial charge in [0.1, 0.15) is 0 Å². The average Bonchev–Trinajstić information content (AvgIpc) is 2.49. The van der Waals surface area contributed by atoms with Crippen molar-refractivity contribution in [3.63, 3.8) is 0 Å². The van der Waals surface area contributed by atoms with Gasteiger partial charge in [0.15, 0.2) is 0 Å². The Morgan fingerprint density at radius 3 is 2.13 bits per heavy atom. The Bertz CT molecular complexity index is 805. The number of carbonyl (C=O) groups excluding carboxylic acids is 1. The first-order valence-electron chi connectivity index (χ1n) is 6.66. The minimum Gasteiger partial charge on any atom is -0.322 e. The van der Waals surface area contributed by atoms with E-state index in [0.717, 1.165) is 7.88 Å². The molecule has 0 fully saturated rings. The van der Waals surface area contributed by atoms with E-state index in [1.807, 2.05) is 12.1 Å². The summed E-state index contributed by atoms with van der Waals surface area (Å²) in [6, 6.07) is 13.7. The molecule has 2 N–H and O–H groups in total. The van der Waals surface area contributed by atoms with Crippen molar-refractivity contribution in [1.29, 1.82) is 0 Å². The third-order valence-electron chi connectivity index (χ3n) is 2.99. The molecule has 0 heterocycles. The second kappa shape index (κ2) is 7.28. The first kappa shape index (κ1) is 17.7. The van der Waals surface area contributed by atoms with Crippen LogP contribution in [0.4, 0.5) is 11.4 Å². The van der Waals surface area contributed by atoms with Crippen molar-refractivity contribution in [1.82, 2.24) is 4.31 Å². The fourth-order valence-electron chi connectivity index (χ4n) is 1.71. The van der Waals surface area contributed by atoms with Crippen molar-refractivity contribution in [3.8, 4) is 0 Å². The normalized spacial score (nSPS) is 11.3. The molecule has 23 heavy (non-hydrogen) atoms. The molecule has 0 atom stereocenters. The Labute approximate surface area is 149 Å². The van der Waals surface area contributed by atoms with Crippen molar-refractivity contribution in [2.45, 2.75) is 0 Å². The lowest BCUT2D eigenvalue weighted by atomic mass is 10.2. The molecule has 0 bridgehead atoms. The van der Waals surface area contributed by atoms with Crippen LogP contribution in [0.3, 0.4) is 0 Å². The maximum Gasteiger partial charge on any atom is 0.301 e. The largest absolute Gasteiger partial charge is 0.322 e. The number of rotatable bonds is 5. The van der Waals surface area contributed by atoms with Gasteiger partial charge in [-0.2, -0.15) is 12.7 Å². The van der Waals surface area contributed by atoms with E-state index in [-0.39, 0.29) is 5.91 Å². The summed E-state index contributed by atoms with van der Waals surface area (Å²) in [6.45, 7) is 0. The molecular weight excluding hydrogens is 429 g/mol. The number of hydrogen-bond donors (Lipinski definition) is 2. The van der Waals surface area contributed by atoms with Crippen molar-refractivity contribution in [2.24, 2.45) is 0 Å². The number of halogens is 1. The number of nitrogens with one attached hydrogen (secondary N) is 2. The van der Waals surface area contributed by atoms with Gasteiger partial charge in [0.2, 0.25) is 0 Å². The molecule has 0 aromatic heterocycles. The zero-order chi connectivity index (χ0) is 17.0. The summed E-state index contributed by atoms with van der Waals surface area (Å²) in [5.41, 5.74) is 1.60. The number of carbonyl (C=O) groups is 1. The standard InChI is InChI=1S/C15H16IN3O3S/c1-19(2)23(21,22)18-12-9-7-11(8-10-12)17-15(20)13-5-3-4-6-14(13)16/h3-10,18H,1-2H3,(H,17,20). The predicted molar refractivity (Wildman–Crippen MR) is 99.8 cm³/mol. The maximum absolute atomic E-state index is 12.2. The summed E-state index contributed by atoms with van der Waals surface area (Å²) in [6.07, 6.45) is 0. The maximum atomic E-state index is 12.2. The molecule has 122 valence electrons. The quantitative estimate of drug-likeness (QED) is 0.695. The Kier molecular flexibility index (Phi) is 5.60. The number of nitrogens with zero attached hydrogens (tertiary/aromatic N) is 1. The van der Waals surface area contributed by atoms with Gasteiger partial charge in [-0.05, 0) is 59.0 Å². The van der Waals surface area contributed by atoms with Gasteiger partial charge in [-0.25, -0.2) is 0 Å². The first-order valence-corrected chi connectivity index (χ1v) is 9.18. The molecule has 0 spiro atoms. The van der Waals surface area contributed by atoms with Gasteiger partial charge in [-0.3, -0.25) is 9.52 Å². The topological polar surface area (TPSA) is 78.5 Å². The van der Waals surface area contributed by atoms with Crippen molar-refractivity contribution < 1.29 is 13.2 Å². The van der Waals surface area contributed by atoms with E-state index in [1.54, 1.807) is 36.4 Å². The third kappa shape index (κ3) is 4.66. The minimum absolute atomic E-state index is 0.211. The zero-order valence-corrected chi connectivity index (χ0v) is 15.6. The highest BCUT2D eigenvalue weighted by Gasteiger charge is 2.13. The van der Waals surface area contributed by atoms with Crippen molar-refractivity contribution in [2.75, 3.05) is 24.1 Å². The van der Waals surface area contributed by atoms with E-state index in [2.05, 4.69) is 32.6 Å². The van der Waals surface area contributed by atoms with Crippen LogP contribution in [0.5, 0.6) is 0 Å². The second-order valence-electron chi connectivity index (χ2n) is 4.90. The van der Waals surface area contributed by atoms with E-state index >= 15 is 0 Å². The molecule has 8 heteroatoms. The van der Waals surface area contributed by atoms with Crippen molar-refractivity contribution in [3.05, 3.63) is 57.7 Å². The monoisotopic (exact) mass is 445 g/mol. The molecule has 0 aliphatic rings. The van der Waals surface area contributed by atoms with Gasteiger partial charge in [0, 0.05) is 29.0 Å². The molecule has 0 saturated heterocycles. The number of amides is 1. The fraction of sp³-hybridized carbons (Fsp3) is 0.133. The molecule has 0 unspecified atom stereocenters. The van der Waals surface area contributed by atoms with Crippen LogP contribution >= 0.6 is 22.6 Å². The summed E-state index contributed by atoms with van der Waals surface area (Å²) in [7, 11) is -0.655.